The van der Waals surface area contributed by atoms with Crippen molar-refractivity contribution in [3.05, 3.63) is 64.4 Å². The van der Waals surface area contributed by atoms with Crippen molar-refractivity contribution in [2.75, 3.05) is 13.1 Å². The quantitative estimate of drug-likeness (QED) is 0.928. The van der Waals surface area contributed by atoms with Crippen molar-refractivity contribution in [2.24, 2.45) is 0 Å². The summed E-state index contributed by atoms with van der Waals surface area (Å²) >= 11 is 6.23. The molecule has 1 aliphatic heterocycles. The van der Waals surface area contributed by atoms with E-state index < -0.39 is 0 Å². The molecule has 2 nitrogen and oxygen atoms in total. The predicted molar refractivity (Wildman–Crippen MR) is 83.3 cm³/mol. The van der Waals surface area contributed by atoms with E-state index in [1.807, 2.05) is 18.2 Å². The van der Waals surface area contributed by atoms with Gasteiger partial charge in [0.2, 0.25) is 0 Å². The maximum atomic E-state index is 6.23. The van der Waals surface area contributed by atoms with E-state index in [1.54, 1.807) is 0 Å². The fourth-order valence-corrected chi connectivity index (χ4v) is 2.98. The molecule has 0 aliphatic carbocycles. The van der Waals surface area contributed by atoms with Crippen LogP contribution < -0.4 is 5.32 Å². The molecule has 2 heterocycles. The van der Waals surface area contributed by atoms with Gasteiger partial charge in [-0.25, -0.2) is 0 Å². The number of hydrogen-bond donors (Lipinski definition) is 1. The van der Waals surface area contributed by atoms with E-state index in [9.17, 15) is 0 Å². The average Bonchev–Trinajstić information content (AvgIpc) is 2.51. The van der Waals surface area contributed by atoms with Crippen molar-refractivity contribution in [3.63, 3.8) is 0 Å². The van der Waals surface area contributed by atoms with Crippen LogP contribution in [0.5, 0.6) is 0 Å². The third kappa shape index (κ3) is 3.20. The third-order valence-corrected chi connectivity index (χ3v) is 4.28. The van der Waals surface area contributed by atoms with Gasteiger partial charge in [0.05, 0.1) is 0 Å². The molecule has 3 rings (SSSR count). The summed E-state index contributed by atoms with van der Waals surface area (Å²) in [6, 6.07) is 14.4. The van der Waals surface area contributed by atoms with Gasteiger partial charge in [-0.3, -0.25) is 4.98 Å². The number of hydrogen-bond acceptors (Lipinski definition) is 2. The Morgan fingerprint density at radius 3 is 2.65 bits per heavy atom. The lowest BCUT2D eigenvalue weighted by Crippen LogP contribution is -2.27. The van der Waals surface area contributed by atoms with Crippen LogP contribution in [0.1, 0.15) is 35.7 Å². The second-order valence-corrected chi connectivity index (χ2v) is 5.75. The van der Waals surface area contributed by atoms with E-state index in [2.05, 4.69) is 29.6 Å². The first-order valence-corrected chi connectivity index (χ1v) is 7.60. The van der Waals surface area contributed by atoms with Crippen molar-refractivity contribution in [1.82, 2.24) is 10.3 Å². The largest absolute Gasteiger partial charge is 0.317 e. The summed E-state index contributed by atoms with van der Waals surface area (Å²) < 4.78 is 0. The smallest absolute Gasteiger partial charge is 0.0451 e. The van der Waals surface area contributed by atoms with Crippen LogP contribution in [0, 0.1) is 0 Å². The molecule has 1 aliphatic rings. The van der Waals surface area contributed by atoms with Crippen molar-refractivity contribution < 1.29 is 0 Å². The van der Waals surface area contributed by atoms with Gasteiger partial charge in [-0.2, -0.15) is 0 Å². The fourth-order valence-electron chi connectivity index (χ4n) is 2.78. The number of aromatic nitrogens is 1. The lowest BCUT2D eigenvalue weighted by Gasteiger charge is -2.22. The Morgan fingerprint density at radius 1 is 1.05 bits per heavy atom. The van der Waals surface area contributed by atoms with E-state index >= 15 is 0 Å². The first-order valence-electron chi connectivity index (χ1n) is 7.23. The molecule has 0 atom stereocenters. The van der Waals surface area contributed by atoms with E-state index in [0.717, 1.165) is 35.8 Å². The number of benzene rings is 1. The molecular formula is C17H19ClN2. The van der Waals surface area contributed by atoms with Crippen LogP contribution in [0.15, 0.2) is 42.5 Å². The zero-order chi connectivity index (χ0) is 13.8. The molecule has 0 unspecified atom stereocenters. The zero-order valence-electron chi connectivity index (χ0n) is 11.5. The van der Waals surface area contributed by atoms with E-state index in [-0.39, 0.29) is 0 Å². The SMILES string of the molecule is Clc1ccccc1Cc1cccc(C2CCNCC2)n1. The van der Waals surface area contributed by atoms with E-state index in [1.165, 1.54) is 18.5 Å². The van der Waals surface area contributed by atoms with E-state index in [4.69, 9.17) is 16.6 Å². The predicted octanol–water partition coefficient (Wildman–Crippen LogP) is 3.79. The fraction of sp³-hybridized carbons (Fsp3) is 0.353. The van der Waals surface area contributed by atoms with Crippen LogP contribution in [-0.2, 0) is 6.42 Å². The van der Waals surface area contributed by atoms with Crippen molar-refractivity contribution in [1.29, 1.82) is 0 Å². The molecule has 1 aromatic heterocycles. The minimum Gasteiger partial charge on any atom is -0.317 e. The number of pyridine rings is 1. The summed E-state index contributed by atoms with van der Waals surface area (Å²) in [7, 11) is 0. The summed E-state index contributed by atoms with van der Waals surface area (Å²) in [4.78, 5) is 4.85. The van der Waals surface area contributed by atoms with Crippen LogP contribution in [0.3, 0.4) is 0 Å². The molecule has 0 saturated carbocycles. The summed E-state index contributed by atoms with van der Waals surface area (Å²) in [6.45, 7) is 2.20. The van der Waals surface area contributed by atoms with Gasteiger partial charge in [-0.15, -0.1) is 0 Å². The summed E-state index contributed by atoms with van der Waals surface area (Å²) in [5.74, 6) is 0.599. The van der Waals surface area contributed by atoms with Crippen molar-refractivity contribution in [3.8, 4) is 0 Å². The lowest BCUT2D eigenvalue weighted by molar-refractivity contribution is 0.452. The Labute approximate surface area is 125 Å². The van der Waals surface area contributed by atoms with Crippen molar-refractivity contribution >= 4 is 11.6 Å². The van der Waals surface area contributed by atoms with Gasteiger partial charge in [0.25, 0.3) is 0 Å². The van der Waals surface area contributed by atoms with Crippen LogP contribution in [0.4, 0.5) is 0 Å². The standard InChI is InChI=1S/C17H19ClN2/c18-16-6-2-1-4-14(16)12-15-5-3-7-17(20-15)13-8-10-19-11-9-13/h1-7,13,19H,8-12H2. The highest BCUT2D eigenvalue weighted by Crippen LogP contribution is 2.24. The average molecular weight is 287 g/mol. The number of piperidine rings is 1. The first kappa shape index (κ1) is 13.6. The summed E-state index contributed by atoms with van der Waals surface area (Å²) in [5, 5.41) is 4.22. The second-order valence-electron chi connectivity index (χ2n) is 5.35. The topological polar surface area (TPSA) is 24.9 Å². The molecule has 1 aromatic carbocycles. The highest BCUT2D eigenvalue weighted by molar-refractivity contribution is 6.31. The Bertz CT molecular complexity index is 577. The zero-order valence-corrected chi connectivity index (χ0v) is 12.2. The van der Waals surface area contributed by atoms with Crippen molar-refractivity contribution in [2.45, 2.75) is 25.2 Å². The number of nitrogens with one attached hydrogen (secondary N) is 1. The molecule has 3 heteroatoms. The minimum absolute atomic E-state index is 0.599. The maximum absolute atomic E-state index is 6.23. The van der Waals surface area contributed by atoms with Gasteiger partial charge in [-0.1, -0.05) is 35.9 Å². The maximum Gasteiger partial charge on any atom is 0.0451 e. The highest BCUT2D eigenvalue weighted by Gasteiger charge is 2.16. The monoisotopic (exact) mass is 286 g/mol. The van der Waals surface area contributed by atoms with Gasteiger partial charge in [-0.05, 0) is 49.7 Å². The molecule has 1 saturated heterocycles. The van der Waals surface area contributed by atoms with Gasteiger partial charge < -0.3 is 5.32 Å². The Morgan fingerprint density at radius 2 is 1.85 bits per heavy atom. The minimum atomic E-state index is 0.599. The van der Waals surface area contributed by atoms with E-state index in [0.29, 0.717) is 5.92 Å². The number of halogens is 1. The molecule has 104 valence electrons. The summed E-state index contributed by atoms with van der Waals surface area (Å²) in [5.41, 5.74) is 3.48. The molecule has 0 spiro atoms. The molecule has 0 bridgehead atoms. The Balaban J connectivity index is 1.79. The highest BCUT2D eigenvalue weighted by atomic mass is 35.5. The van der Waals surface area contributed by atoms with Crippen LogP contribution in [-0.4, -0.2) is 18.1 Å². The Hall–Kier alpha value is -1.38. The normalized spacial score (nSPS) is 16.2. The van der Waals surface area contributed by atoms with Gasteiger partial charge in [0.1, 0.15) is 0 Å². The second kappa shape index (κ2) is 6.38. The number of nitrogens with zero attached hydrogens (tertiary/aromatic N) is 1. The number of rotatable bonds is 3. The van der Waals surface area contributed by atoms with Gasteiger partial charge in [0, 0.05) is 28.7 Å². The molecule has 1 N–H and O–H groups in total. The van der Waals surface area contributed by atoms with Crippen LogP contribution >= 0.6 is 11.6 Å². The Kier molecular flexibility index (Phi) is 4.34. The molecule has 1 fully saturated rings. The van der Waals surface area contributed by atoms with Crippen LogP contribution in [0.2, 0.25) is 5.02 Å². The molecule has 2 aromatic rings. The molecule has 0 radical (unpaired) electrons. The van der Waals surface area contributed by atoms with Crippen LogP contribution in [0.25, 0.3) is 0 Å². The van der Waals surface area contributed by atoms with Gasteiger partial charge >= 0.3 is 0 Å². The summed E-state index contributed by atoms with van der Waals surface area (Å²) in [6.07, 6.45) is 3.17. The molecule has 0 amide bonds. The molecular weight excluding hydrogens is 268 g/mol. The van der Waals surface area contributed by atoms with Gasteiger partial charge in [0.15, 0.2) is 0 Å². The first-order chi connectivity index (χ1) is 9.83. The third-order valence-electron chi connectivity index (χ3n) is 3.92. The lowest BCUT2D eigenvalue weighted by atomic mass is 9.94. The molecule has 20 heavy (non-hydrogen) atoms.